The number of amides is 1. The van der Waals surface area contributed by atoms with E-state index in [1.165, 1.54) is 21.7 Å². The first-order chi connectivity index (χ1) is 11.8. The lowest BCUT2D eigenvalue weighted by Gasteiger charge is -2.20. The summed E-state index contributed by atoms with van der Waals surface area (Å²) in [5.41, 5.74) is 0.868. The molecule has 7 nitrogen and oxygen atoms in total. The van der Waals surface area contributed by atoms with Crippen LogP contribution in [-0.2, 0) is 10.0 Å². The maximum Gasteiger partial charge on any atom is 0.257 e. The van der Waals surface area contributed by atoms with Crippen molar-refractivity contribution in [2.75, 3.05) is 28.2 Å². The van der Waals surface area contributed by atoms with Crippen LogP contribution in [0.4, 0.5) is 10.8 Å². The van der Waals surface area contributed by atoms with Gasteiger partial charge in [0.15, 0.2) is 4.34 Å². The third kappa shape index (κ3) is 5.28. The number of hydrogen-bond donors (Lipinski definition) is 1. The molecule has 0 saturated heterocycles. The SMILES string of the molecule is C=CCN(c1ccc(C(=O)Nc2nnc(SCC)s2)cc1)S(C)(=O)=O. The van der Waals surface area contributed by atoms with E-state index in [9.17, 15) is 13.2 Å². The lowest BCUT2D eigenvalue weighted by Crippen LogP contribution is -2.29. The number of nitrogens with zero attached hydrogens (tertiary/aromatic N) is 3. The minimum Gasteiger partial charge on any atom is -0.296 e. The Morgan fingerprint density at radius 1 is 1.36 bits per heavy atom. The molecule has 134 valence electrons. The number of nitrogens with one attached hydrogen (secondary N) is 1. The van der Waals surface area contributed by atoms with Gasteiger partial charge in [-0.2, -0.15) is 0 Å². The number of thioether (sulfide) groups is 1. The molecule has 0 fully saturated rings. The van der Waals surface area contributed by atoms with Gasteiger partial charge >= 0.3 is 0 Å². The lowest BCUT2D eigenvalue weighted by atomic mass is 10.2. The van der Waals surface area contributed by atoms with Crippen molar-refractivity contribution in [3.05, 3.63) is 42.5 Å². The first-order valence-electron chi connectivity index (χ1n) is 7.31. The van der Waals surface area contributed by atoms with Gasteiger partial charge in [0, 0.05) is 5.56 Å². The summed E-state index contributed by atoms with van der Waals surface area (Å²) in [5.74, 6) is 0.552. The Morgan fingerprint density at radius 3 is 2.60 bits per heavy atom. The quantitative estimate of drug-likeness (QED) is 0.418. The van der Waals surface area contributed by atoms with Gasteiger partial charge in [-0.1, -0.05) is 36.1 Å². The largest absolute Gasteiger partial charge is 0.296 e. The van der Waals surface area contributed by atoms with Gasteiger partial charge in [0.05, 0.1) is 18.5 Å². The molecule has 2 aromatic rings. The van der Waals surface area contributed by atoms with Crippen LogP contribution in [0.15, 0.2) is 41.3 Å². The van der Waals surface area contributed by atoms with E-state index in [0.717, 1.165) is 16.3 Å². The van der Waals surface area contributed by atoms with Crippen molar-refractivity contribution < 1.29 is 13.2 Å². The van der Waals surface area contributed by atoms with Gasteiger partial charge in [0.25, 0.3) is 5.91 Å². The molecule has 1 N–H and O–H groups in total. The Labute approximate surface area is 155 Å². The Kier molecular flexibility index (Phi) is 6.57. The summed E-state index contributed by atoms with van der Waals surface area (Å²) in [4.78, 5) is 12.3. The van der Waals surface area contributed by atoms with Crippen LogP contribution in [0.2, 0.25) is 0 Å². The Morgan fingerprint density at radius 2 is 2.04 bits per heavy atom. The van der Waals surface area contributed by atoms with Crippen molar-refractivity contribution in [2.45, 2.75) is 11.3 Å². The zero-order valence-corrected chi connectivity index (χ0v) is 16.2. The van der Waals surface area contributed by atoms with Gasteiger partial charge < -0.3 is 0 Å². The number of carbonyl (C=O) groups excluding carboxylic acids is 1. The molecule has 0 saturated carbocycles. The summed E-state index contributed by atoms with van der Waals surface area (Å²) in [6.07, 6.45) is 2.63. The van der Waals surface area contributed by atoms with E-state index >= 15 is 0 Å². The van der Waals surface area contributed by atoms with Crippen molar-refractivity contribution in [1.82, 2.24) is 10.2 Å². The summed E-state index contributed by atoms with van der Waals surface area (Å²) in [5, 5.41) is 11.0. The molecule has 2 rings (SSSR count). The molecule has 1 aromatic heterocycles. The zero-order valence-electron chi connectivity index (χ0n) is 13.8. The first kappa shape index (κ1) is 19.4. The number of rotatable bonds is 8. The Hall–Kier alpha value is -1.91. The van der Waals surface area contributed by atoms with Crippen molar-refractivity contribution in [3.63, 3.8) is 0 Å². The van der Waals surface area contributed by atoms with Crippen LogP contribution in [0.1, 0.15) is 17.3 Å². The molecule has 0 spiro atoms. The summed E-state index contributed by atoms with van der Waals surface area (Å²) in [6, 6.07) is 6.29. The van der Waals surface area contributed by atoms with Gasteiger partial charge in [0.1, 0.15) is 0 Å². The van der Waals surface area contributed by atoms with Gasteiger partial charge in [-0.05, 0) is 30.0 Å². The fourth-order valence-corrected chi connectivity index (χ4v) is 4.46. The molecule has 1 aromatic carbocycles. The van der Waals surface area contributed by atoms with Crippen LogP contribution in [-0.4, -0.2) is 43.1 Å². The van der Waals surface area contributed by atoms with E-state index in [0.29, 0.717) is 16.4 Å². The molecule has 0 aliphatic rings. The molecular weight excluding hydrogens is 380 g/mol. The molecule has 1 heterocycles. The maximum absolute atomic E-state index is 12.3. The summed E-state index contributed by atoms with van der Waals surface area (Å²) in [7, 11) is -3.42. The number of aromatic nitrogens is 2. The number of anilines is 2. The standard InChI is InChI=1S/C15H18N4O3S3/c1-4-10-19(25(3,21)22)12-8-6-11(7-9-12)13(20)16-14-17-18-15(24-14)23-5-2/h4,6-9H,1,5,10H2,2-3H3,(H,16,17,20). The molecule has 0 radical (unpaired) electrons. The molecule has 0 unspecified atom stereocenters. The smallest absolute Gasteiger partial charge is 0.257 e. The fraction of sp³-hybridized carbons (Fsp3) is 0.267. The van der Waals surface area contributed by atoms with E-state index in [4.69, 9.17) is 0 Å². The highest BCUT2D eigenvalue weighted by Gasteiger charge is 2.17. The van der Waals surface area contributed by atoms with E-state index < -0.39 is 10.0 Å². The third-order valence-corrected chi connectivity index (χ3v) is 6.02. The molecule has 1 amide bonds. The molecule has 10 heteroatoms. The van der Waals surface area contributed by atoms with E-state index in [-0.39, 0.29) is 12.5 Å². The van der Waals surface area contributed by atoms with Crippen LogP contribution in [0, 0.1) is 0 Å². The monoisotopic (exact) mass is 398 g/mol. The summed E-state index contributed by atoms with van der Waals surface area (Å²) >= 11 is 2.86. The second kappa shape index (κ2) is 8.45. The maximum atomic E-state index is 12.3. The van der Waals surface area contributed by atoms with Crippen LogP contribution < -0.4 is 9.62 Å². The Balaban J connectivity index is 2.12. The average Bonchev–Trinajstić information content (AvgIpc) is 2.99. The minimum absolute atomic E-state index is 0.160. The van der Waals surface area contributed by atoms with Crippen molar-refractivity contribution in [1.29, 1.82) is 0 Å². The second-order valence-electron chi connectivity index (χ2n) is 4.89. The third-order valence-electron chi connectivity index (χ3n) is 3.01. The molecule has 0 aliphatic carbocycles. The highest BCUT2D eigenvalue weighted by atomic mass is 32.2. The predicted molar refractivity (Wildman–Crippen MR) is 103 cm³/mol. The van der Waals surface area contributed by atoms with Crippen LogP contribution in [0.3, 0.4) is 0 Å². The average molecular weight is 399 g/mol. The molecule has 0 aliphatic heterocycles. The zero-order chi connectivity index (χ0) is 18.4. The van der Waals surface area contributed by atoms with Gasteiger partial charge in [-0.25, -0.2) is 8.42 Å². The van der Waals surface area contributed by atoms with E-state index in [2.05, 4.69) is 22.1 Å². The van der Waals surface area contributed by atoms with Gasteiger partial charge in [0.2, 0.25) is 15.2 Å². The lowest BCUT2D eigenvalue weighted by molar-refractivity contribution is 0.102. The number of sulfonamides is 1. The van der Waals surface area contributed by atoms with Crippen LogP contribution >= 0.6 is 23.1 Å². The van der Waals surface area contributed by atoms with Gasteiger partial charge in [-0.3, -0.25) is 14.4 Å². The normalized spacial score (nSPS) is 11.1. The van der Waals surface area contributed by atoms with Crippen LogP contribution in [0.5, 0.6) is 0 Å². The van der Waals surface area contributed by atoms with Gasteiger partial charge in [-0.15, -0.1) is 16.8 Å². The molecule has 25 heavy (non-hydrogen) atoms. The Bertz CT molecular complexity index is 847. The van der Waals surface area contributed by atoms with Crippen molar-refractivity contribution >= 4 is 49.8 Å². The highest BCUT2D eigenvalue weighted by Crippen LogP contribution is 2.25. The first-order valence-corrected chi connectivity index (χ1v) is 11.0. The van der Waals surface area contributed by atoms with Crippen molar-refractivity contribution in [2.24, 2.45) is 0 Å². The highest BCUT2D eigenvalue weighted by molar-refractivity contribution is 8.01. The minimum atomic E-state index is -3.42. The number of benzene rings is 1. The number of carbonyl (C=O) groups is 1. The van der Waals surface area contributed by atoms with E-state index in [1.807, 2.05) is 6.92 Å². The molecule has 0 atom stereocenters. The fourth-order valence-electron chi connectivity index (χ4n) is 1.94. The summed E-state index contributed by atoms with van der Waals surface area (Å²) in [6.45, 7) is 5.74. The predicted octanol–water partition coefficient (Wildman–Crippen LogP) is 2.85. The van der Waals surface area contributed by atoms with Crippen LogP contribution in [0.25, 0.3) is 0 Å². The topological polar surface area (TPSA) is 92.3 Å². The van der Waals surface area contributed by atoms with Crippen molar-refractivity contribution in [3.8, 4) is 0 Å². The second-order valence-corrected chi connectivity index (χ2v) is 9.29. The summed E-state index contributed by atoms with van der Waals surface area (Å²) < 4.78 is 25.6. The molecule has 0 bridgehead atoms. The molecular formula is C15H18N4O3S3. The number of hydrogen-bond acceptors (Lipinski definition) is 7. The van der Waals surface area contributed by atoms with E-state index in [1.54, 1.807) is 36.0 Å².